The van der Waals surface area contributed by atoms with Gasteiger partial charge < -0.3 is 10.2 Å². The van der Waals surface area contributed by atoms with Gasteiger partial charge in [-0.2, -0.15) is 0 Å². The van der Waals surface area contributed by atoms with Crippen LogP contribution in [0, 0.1) is 5.92 Å². The molecular formula is C13H28N2. The zero-order valence-corrected chi connectivity index (χ0v) is 10.9. The number of nitrogens with one attached hydrogen (secondary N) is 1. The van der Waals surface area contributed by atoms with Gasteiger partial charge in [-0.05, 0) is 52.6 Å². The van der Waals surface area contributed by atoms with Gasteiger partial charge in [0.15, 0.2) is 0 Å². The first-order valence-electron chi connectivity index (χ1n) is 6.57. The van der Waals surface area contributed by atoms with E-state index in [4.69, 9.17) is 0 Å². The molecule has 0 aliphatic heterocycles. The molecule has 2 nitrogen and oxygen atoms in total. The first kappa shape index (κ1) is 13.0. The summed E-state index contributed by atoms with van der Waals surface area (Å²) >= 11 is 0. The zero-order chi connectivity index (χ0) is 11.3. The maximum Gasteiger partial charge on any atom is 0.00787 e. The van der Waals surface area contributed by atoms with E-state index < -0.39 is 0 Å². The molecule has 0 amide bonds. The fourth-order valence-corrected chi connectivity index (χ4v) is 2.39. The van der Waals surface area contributed by atoms with Gasteiger partial charge in [0.1, 0.15) is 0 Å². The number of hydrogen-bond acceptors (Lipinski definition) is 2. The van der Waals surface area contributed by atoms with Crippen LogP contribution in [0.1, 0.15) is 46.5 Å². The molecule has 0 bridgehead atoms. The van der Waals surface area contributed by atoms with Crippen LogP contribution in [0.25, 0.3) is 0 Å². The van der Waals surface area contributed by atoms with Crippen molar-refractivity contribution in [3.05, 3.63) is 0 Å². The summed E-state index contributed by atoms with van der Waals surface area (Å²) in [5, 5.41) is 3.49. The summed E-state index contributed by atoms with van der Waals surface area (Å²) in [6.45, 7) is 9.21. The normalized spacial score (nSPS) is 21.4. The standard InChI is InChI=1S/C13H28N2/c1-5-14-11(2)9-12(3)15(4)10-13-7-6-8-13/h11-14H,5-10H2,1-4H3. The van der Waals surface area contributed by atoms with Crippen molar-refractivity contribution in [2.24, 2.45) is 5.92 Å². The summed E-state index contributed by atoms with van der Waals surface area (Å²) in [6, 6.07) is 1.36. The second kappa shape index (κ2) is 6.49. The third-order valence-electron chi connectivity index (χ3n) is 3.77. The molecule has 1 N–H and O–H groups in total. The molecule has 2 unspecified atom stereocenters. The number of hydrogen-bond donors (Lipinski definition) is 1. The van der Waals surface area contributed by atoms with Gasteiger partial charge in [-0.15, -0.1) is 0 Å². The van der Waals surface area contributed by atoms with Crippen molar-refractivity contribution in [2.75, 3.05) is 20.1 Å². The van der Waals surface area contributed by atoms with Crippen molar-refractivity contribution in [3.63, 3.8) is 0 Å². The summed E-state index contributed by atoms with van der Waals surface area (Å²) in [5.74, 6) is 0.992. The summed E-state index contributed by atoms with van der Waals surface area (Å²) < 4.78 is 0. The molecule has 0 aromatic carbocycles. The SMILES string of the molecule is CCNC(C)CC(C)N(C)CC1CCC1. The van der Waals surface area contributed by atoms with E-state index in [1.807, 2.05) is 0 Å². The van der Waals surface area contributed by atoms with Crippen molar-refractivity contribution >= 4 is 0 Å². The van der Waals surface area contributed by atoms with Gasteiger partial charge in [-0.1, -0.05) is 13.3 Å². The van der Waals surface area contributed by atoms with E-state index in [2.05, 4.69) is 38.0 Å². The lowest BCUT2D eigenvalue weighted by molar-refractivity contribution is 0.158. The van der Waals surface area contributed by atoms with Gasteiger partial charge in [-0.25, -0.2) is 0 Å². The molecule has 2 atom stereocenters. The van der Waals surface area contributed by atoms with Crippen LogP contribution in [0.15, 0.2) is 0 Å². The van der Waals surface area contributed by atoms with Crippen molar-refractivity contribution in [1.82, 2.24) is 10.2 Å². The third-order valence-corrected chi connectivity index (χ3v) is 3.77. The first-order chi connectivity index (χ1) is 7.13. The fraction of sp³-hybridized carbons (Fsp3) is 1.00. The van der Waals surface area contributed by atoms with E-state index in [0.29, 0.717) is 12.1 Å². The Morgan fingerprint density at radius 3 is 2.47 bits per heavy atom. The zero-order valence-electron chi connectivity index (χ0n) is 10.9. The van der Waals surface area contributed by atoms with E-state index in [0.717, 1.165) is 12.5 Å². The van der Waals surface area contributed by atoms with Gasteiger partial charge in [0, 0.05) is 18.6 Å². The molecule has 0 heterocycles. The smallest absolute Gasteiger partial charge is 0.00787 e. The van der Waals surface area contributed by atoms with Crippen LogP contribution < -0.4 is 5.32 Å². The molecule has 0 aromatic rings. The molecule has 1 rings (SSSR count). The van der Waals surface area contributed by atoms with E-state index in [-0.39, 0.29) is 0 Å². The lowest BCUT2D eigenvalue weighted by Crippen LogP contribution is -2.39. The van der Waals surface area contributed by atoms with Crippen LogP contribution in [-0.2, 0) is 0 Å². The lowest BCUT2D eigenvalue weighted by Gasteiger charge is -2.34. The Kier molecular flexibility index (Phi) is 5.62. The molecule has 0 aromatic heterocycles. The van der Waals surface area contributed by atoms with Crippen LogP contribution in [0.5, 0.6) is 0 Å². The Morgan fingerprint density at radius 2 is 2.00 bits per heavy atom. The van der Waals surface area contributed by atoms with Crippen molar-refractivity contribution in [3.8, 4) is 0 Å². The Hall–Kier alpha value is -0.0800. The number of rotatable bonds is 7. The highest BCUT2D eigenvalue weighted by Gasteiger charge is 2.21. The quantitative estimate of drug-likeness (QED) is 0.697. The lowest BCUT2D eigenvalue weighted by atomic mass is 9.85. The van der Waals surface area contributed by atoms with Crippen LogP contribution in [0.3, 0.4) is 0 Å². The Morgan fingerprint density at radius 1 is 1.33 bits per heavy atom. The van der Waals surface area contributed by atoms with Crippen LogP contribution in [0.4, 0.5) is 0 Å². The molecule has 0 saturated heterocycles. The molecule has 2 heteroatoms. The van der Waals surface area contributed by atoms with Gasteiger partial charge in [0.25, 0.3) is 0 Å². The van der Waals surface area contributed by atoms with Gasteiger partial charge in [0.2, 0.25) is 0 Å². The molecule has 90 valence electrons. The fourth-order valence-electron chi connectivity index (χ4n) is 2.39. The molecule has 1 fully saturated rings. The maximum absolute atomic E-state index is 3.49. The minimum absolute atomic E-state index is 0.647. The Balaban J connectivity index is 2.16. The van der Waals surface area contributed by atoms with Crippen LogP contribution in [0.2, 0.25) is 0 Å². The van der Waals surface area contributed by atoms with Crippen LogP contribution >= 0.6 is 0 Å². The van der Waals surface area contributed by atoms with Crippen molar-refractivity contribution in [1.29, 1.82) is 0 Å². The summed E-state index contributed by atoms with van der Waals surface area (Å²) in [5.41, 5.74) is 0. The molecule has 1 aliphatic rings. The molecule has 0 spiro atoms. The minimum atomic E-state index is 0.647. The highest BCUT2D eigenvalue weighted by Crippen LogP contribution is 2.27. The maximum atomic E-state index is 3.49. The van der Waals surface area contributed by atoms with E-state index in [9.17, 15) is 0 Å². The third kappa shape index (κ3) is 4.52. The first-order valence-corrected chi connectivity index (χ1v) is 6.57. The van der Waals surface area contributed by atoms with Gasteiger partial charge in [-0.3, -0.25) is 0 Å². The molecule has 15 heavy (non-hydrogen) atoms. The average molecular weight is 212 g/mol. The predicted molar refractivity (Wildman–Crippen MR) is 67.2 cm³/mol. The largest absolute Gasteiger partial charge is 0.314 e. The summed E-state index contributed by atoms with van der Waals surface area (Å²) in [4.78, 5) is 2.54. The average Bonchev–Trinajstić information content (AvgIpc) is 2.11. The molecule has 0 radical (unpaired) electrons. The second-order valence-corrected chi connectivity index (χ2v) is 5.28. The minimum Gasteiger partial charge on any atom is -0.314 e. The molecular weight excluding hydrogens is 184 g/mol. The second-order valence-electron chi connectivity index (χ2n) is 5.28. The van der Waals surface area contributed by atoms with E-state index in [1.165, 1.54) is 32.2 Å². The predicted octanol–water partition coefficient (Wildman–Crippen LogP) is 2.49. The summed E-state index contributed by atoms with van der Waals surface area (Å²) in [7, 11) is 2.28. The molecule has 1 aliphatic carbocycles. The Bertz CT molecular complexity index is 166. The summed E-state index contributed by atoms with van der Waals surface area (Å²) in [6.07, 6.45) is 5.64. The van der Waals surface area contributed by atoms with Crippen molar-refractivity contribution in [2.45, 2.75) is 58.5 Å². The monoisotopic (exact) mass is 212 g/mol. The van der Waals surface area contributed by atoms with Gasteiger partial charge >= 0.3 is 0 Å². The van der Waals surface area contributed by atoms with Crippen LogP contribution in [-0.4, -0.2) is 37.1 Å². The van der Waals surface area contributed by atoms with E-state index >= 15 is 0 Å². The van der Waals surface area contributed by atoms with Gasteiger partial charge in [0.05, 0.1) is 0 Å². The highest BCUT2D eigenvalue weighted by molar-refractivity contribution is 4.76. The molecule has 1 saturated carbocycles. The Labute approximate surface area is 95.4 Å². The highest BCUT2D eigenvalue weighted by atomic mass is 15.1. The topological polar surface area (TPSA) is 15.3 Å². The number of nitrogens with zero attached hydrogens (tertiary/aromatic N) is 1. The van der Waals surface area contributed by atoms with Crippen molar-refractivity contribution < 1.29 is 0 Å². The van der Waals surface area contributed by atoms with E-state index in [1.54, 1.807) is 0 Å².